The molecule has 6 nitrogen and oxygen atoms in total. The maximum Gasteiger partial charge on any atom is 0.306 e. The summed E-state index contributed by atoms with van der Waals surface area (Å²) in [7, 11) is 0. The Morgan fingerprint density at radius 3 is 0.985 bits per heavy atom. The van der Waals surface area contributed by atoms with Crippen LogP contribution >= 0.6 is 0 Å². The van der Waals surface area contributed by atoms with Gasteiger partial charge < -0.3 is 14.2 Å². The minimum atomic E-state index is -0.847. The Morgan fingerprint density at radius 2 is 0.597 bits per heavy atom. The number of carbonyl (C=O) groups is 3. The highest BCUT2D eigenvalue weighted by Gasteiger charge is 2.19. The molecule has 0 bridgehead atoms. The molecule has 0 aromatic heterocycles. The molecule has 0 saturated heterocycles. The lowest BCUT2D eigenvalue weighted by molar-refractivity contribution is -0.167. The number of hydrogen-bond donors (Lipinski definition) is 0. The van der Waals surface area contributed by atoms with Crippen LogP contribution in [0, 0.1) is 0 Å². The Hall–Kier alpha value is -4.45. The van der Waals surface area contributed by atoms with Crippen LogP contribution in [0.3, 0.4) is 0 Å². The average Bonchev–Trinajstić information content (AvgIpc) is 3.33. The first-order valence-electron chi connectivity index (χ1n) is 26.7. The van der Waals surface area contributed by atoms with Gasteiger partial charge in [0.05, 0.1) is 0 Å². The molecule has 0 heterocycles. The molecule has 67 heavy (non-hydrogen) atoms. The van der Waals surface area contributed by atoms with Crippen LogP contribution in [0.2, 0.25) is 0 Å². The van der Waals surface area contributed by atoms with Crippen LogP contribution in [0.5, 0.6) is 0 Å². The molecule has 0 aromatic carbocycles. The zero-order valence-corrected chi connectivity index (χ0v) is 42.9. The first kappa shape index (κ1) is 62.5. The molecule has 376 valence electrons. The van der Waals surface area contributed by atoms with Gasteiger partial charge in [-0.2, -0.15) is 0 Å². The summed E-state index contributed by atoms with van der Waals surface area (Å²) in [6.45, 7) is 6.34. The smallest absolute Gasteiger partial charge is 0.306 e. The van der Waals surface area contributed by atoms with Crippen molar-refractivity contribution in [1.29, 1.82) is 0 Å². The van der Waals surface area contributed by atoms with Crippen molar-refractivity contribution >= 4 is 17.9 Å². The molecule has 0 aliphatic carbocycles. The molecule has 0 fully saturated rings. The summed E-state index contributed by atoms with van der Waals surface area (Å²) in [5.74, 6) is -1.10. The third kappa shape index (κ3) is 52.4. The first-order chi connectivity index (χ1) is 33.0. The van der Waals surface area contributed by atoms with Gasteiger partial charge in [0, 0.05) is 19.3 Å². The van der Waals surface area contributed by atoms with Crippen LogP contribution < -0.4 is 0 Å². The van der Waals surface area contributed by atoms with E-state index in [1.807, 2.05) is 0 Å². The maximum absolute atomic E-state index is 12.8. The molecule has 0 unspecified atom stereocenters. The van der Waals surface area contributed by atoms with E-state index >= 15 is 0 Å². The van der Waals surface area contributed by atoms with E-state index in [9.17, 15) is 14.4 Å². The van der Waals surface area contributed by atoms with Gasteiger partial charge in [0.25, 0.3) is 0 Å². The molecule has 1 atom stereocenters. The molecule has 0 saturated carbocycles. The highest BCUT2D eigenvalue weighted by Crippen LogP contribution is 2.10. The van der Waals surface area contributed by atoms with Crippen LogP contribution in [0.15, 0.2) is 134 Å². The van der Waals surface area contributed by atoms with Gasteiger partial charge in [0.2, 0.25) is 0 Å². The molecular weight excluding hydrogens is 829 g/mol. The average molecular weight is 925 g/mol. The number of allylic oxidation sites excluding steroid dienone is 22. The highest BCUT2D eigenvalue weighted by molar-refractivity contribution is 5.71. The second kappa shape index (κ2) is 54.2. The summed E-state index contributed by atoms with van der Waals surface area (Å²) in [5, 5.41) is 0. The Kier molecular flexibility index (Phi) is 50.6. The molecule has 0 aliphatic rings. The standard InChI is InChI=1S/C61H96O6/c1-4-7-10-13-16-19-22-25-28-30-33-35-38-41-44-47-50-53-59(62)65-56-58(67-61(64)55-52-49-46-43-40-37-32-27-24-21-18-15-12-9-6-3)57-66-60(63)54-51-48-45-42-39-36-34-31-29-26-23-20-17-14-11-8-5-2/h9,12,16,18-19,21,25-29,32-36,40-45,58H,4-8,10-11,13-15,17,20,22-24,30-31,37-39,46-57H2,1-3H3/b12-9-,19-16-,21-18-,28-25-,29-26-,32-27-,35-33-,36-34-,43-40-,44-41-,45-42-/t58-/m1/s1. The minimum absolute atomic E-state index is 0.143. The summed E-state index contributed by atoms with van der Waals surface area (Å²) in [6.07, 6.45) is 75.9. The number of esters is 3. The molecule has 0 rings (SSSR count). The molecule has 6 heteroatoms. The number of ether oxygens (including phenoxy) is 3. The summed E-state index contributed by atoms with van der Waals surface area (Å²) in [5.41, 5.74) is 0. The van der Waals surface area contributed by atoms with Crippen LogP contribution in [0.4, 0.5) is 0 Å². The van der Waals surface area contributed by atoms with Gasteiger partial charge in [0.1, 0.15) is 13.2 Å². The van der Waals surface area contributed by atoms with Crippen LogP contribution in [-0.4, -0.2) is 37.2 Å². The molecule has 0 N–H and O–H groups in total. The minimum Gasteiger partial charge on any atom is -0.462 e. The Morgan fingerprint density at radius 1 is 0.313 bits per heavy atom. The fraction of sp³-hybridized carbons (Fsp3) is 0.590. The van der Waals surface area contributed by atoms with Crippen molar-refractivity contribution in [3.63, 3.8) is 0 Å². The lowest BCUT2D eigenvalue weighted by Crippen LogP contribution is -2.30. The second-order valence-electron chi connectivity index (χ2n) is 17.0. The van der Waals surface area contributed by atoms with Gasteiger partial charge >= 0.3 is 17.9 Å². The molecule has 0 spiro atoms. The zero-order valence-electron chi connectivity index (χ0n) is 42.9. The van der Waals surface area contributed by atoms with Gasteiger partial charge in [-0.15, -0.1) is 0 Å². The van der Waals surface area contributed by atoms with Crippen molar-refractivity contribution in [1.82, 2.24) is 0 Å². The van der Waals surface area contributed by atoms with E-state index in [4.69, 9.17) is 14.2 Å². The van der Waals surface area contributed by atoms with Crippen molar-refractivity contribution in [3.8, 4) is 0 Å². The molecular formula is C61H96O6. The van der Waals surface area contributed by atoms with E-state index in [0.717, 1.165) is 83.5 Å². The lowest BCUT2D eigenvalue weighted by Gasteiger charge is -2.18. The number of carbonyl (C=O) groups excluding carboxylic acids is 3. The predicted molar refractivity (Wildman–Crippen MR) is 288 cm³/mol. The van der Waals surface area contributed by atoms with Gasteiger partial charge in [-0.1, -0.05) is 199 Å². The monoisotopic (exact) mass is 925 g/mol. The van der Waals surface area contributed by atoms with E-state index in [1.165, 1.54) is 70.6 Å². The predicted octanol–water partition coefficient (Wildman–Crippen LogP) is 17.9. The van der Waals surface area contributed by atoms with E-state index in [0.29, 0.717) is 19.3 Å². The Labute approximate surface area is 411 Å². The second-order valence-corrected chi connectivity index (χ2v) is 17.0. The van der Waals surface area contributed by atoms with Crippen molar-refractivity contribution in [2.45, 2.75) is 219 Å². The third-order valence-electron chi connectivity index (χ3n) is 10.6. The van der Waals surface area contributed by atoms with Crippen LogP contribution in [-0.2, 0) is 28.6 Å². The van der Waals surface area contributed by atoms with E-state index in [1.54, 1.807) is 0 Å². The van der Waals surface area contributed by atoms with E-state index in [2.05, 4.69) is 154 Å². The summed E-state index contributed by atoms with van der Waals surface area (Å²) >= 11 is 0. The van der Waals surface area contributed by atoms with E-state index < -0.39 is 6.10 Å². The summed E-state index contributed by atoms with van der Waals surface area (Å²) < 4.78 is 16.7. The molecule has 0 radical (unpaired) electrons. The summed E-state index contributed by atoms with van der Waals surface area (Å²) in [4.78, 5) is 38.0. The molecule has 0 aromatic rings. The summed E-state index contributed by atoms with van der Waals surface area (Å²) in [6, 6.07) is 0. The number of hydrogen-bond acceptors (Lipinski definition) is 6. The van der Waals surface area contributed by atoms with Gasteiger partial charge in [-0.3, -0.25) is 14.4 Å². The normalized spacial score (nSPS) is 13.2. The zero-order chi connectivity index (χ0) is 48.6. The number of unbranched alkanes of at least 4 members (excludes halogenated alkanes) is 13. The first-order valence-corrected chi connectivity index (χ1v) is 26.7. The van der Waals surface area contributed by atoms with Crippen molar-refractivity contribution < 1.29 is 28.6 Å². The third-order valence-corrected chi connectivity index (χ3v) is 10.6. The van der Waals surface area contributed by atoms with Crippen LogP contribution in [0.25, 0.3) is 0 Å². The van der Waals surface area contributed by atoms with E-state index in [-0.39, 0.29) is 50.4 Å². The SMILES string of the molecule is CC/C=C\C/C=C\C/C=C\C/C=C\CCCCC(=O)O[C@H](COC(=O)CCC/C=C\C/C=C\C/C=C\C/C=C\CCCCC)COC(=O)CCC/C=C\C/C=C\C/C=C\CCCCCCCC. The fourth-order valence-electron chi connectivity index (χ4n) is 6.62. The lowest BCUT2D eigenvalue weighted by atomic mass is 10.1. The largest absolute Gasteiger partial charge is 0.462 e. The van der Waals surface area contributed by atoms with Crippen molar-refractivity contribution in [2.24, 2.45) is 0 Å². The Balaban J connectivity index is 4.64. The van der Waals surface area contributed by atoms with Gasteiger partial charge in [0.15, 0.2) is 6.10 Å². The topological polar surface area (TPSA) is 78.9 Å². The van der Waals surface area contributed by atoms with Gasteiger partial charge in [-0.05, 0) is 128 Å². The van der Waals surface area contributed by atoms with Crippen LogP contribution in [0.1, 0.15) is 213 Å². The quantitative estimate of drug-likeness (QED) is 0.0262. The fourth-order valence-corrected chi connectivity index (χ4v) is 6.62. The van der Waals surface area contributed by atoms with Crippen molar-refractivity contribution in [2.75, 3.05) is 13.2 Å². The maximum atomic E-state index is 12.8. The molecule has 0 aliphatic heterocycles. The molecule has 0 amide bonds. The van der Waals surface area contributed by atoms with Crippen molar-refractivity contribution in [3.05, 3.63) is 134 Å². The number of rotatable bonds is 46. The Bertz CT molecular complexity index is 1480. The van der Waals surface area contributed by atoms with Gasteiger partial charge in [-0.25, -0.2) is 0 Å². The highest BCUT2D eigenvalue weighted by atomic mass is 16.6.